The largest absolute Gasteiger partial charge is 0.0673 e. The summed E-state index contributed by atoms with van der Waals surface area (Å²) in [6.45, 7) is 0. The van der Waals surface area contributed by atoms with E-state index in [2.05, 4.69) is 0 Å². The summed E-state index contributed by atoms with van der Waals surface area (Å²) in [5, 5.41) is 0. The molecule has 0 radical (unpaired) electrons. The van der Waals surface area contributed by atoms with E-state index >= 15 is 0 Å². The first-order valence-corrected chi connectivity index (χ1v) is 10.1. The highest BCUT2D eigenvalue weighted by molar-refractivity contribution is 5.30. The molecule has 116 valence electrons. The minimum Gasteiger partial charge on any atom is -0.0673 e. The highest BCUT2D eigenvalue weighted by Crippen LogP contribution is 2.57. The predicted octanol–water partition coefficient (Wildman–Crippen LogP) is 6.12. The van der Waals surface area contributed by atoms with Gasteiger partial charge in [-0.25, -0.2) is 0 Å². The van der Waals surface area contributed by atoms with Crippen molar-refractivity contribution in [1.82, 2.24) is 0 Å². The van der Waals surface area contributed by atoms with Gasteiger partial charge >= 0.3 is 0 Å². The molecule has 5 aliphatic rings. The molecule has 0 heterocycles. The van der Waals surface area contributed by atoms with Gasteiger partial charge < -0.3 is 0 Å². The molecule has 0 N–H and O–H groups in total. The Kier molecular flexibility index (Phi) is 3.23. The lowest BCUT2D eigenvalue weighted by Crippen LogP contribution is -2.22. The summed E-state index contributed by atoms with van der Waals surface area (Å²) in [6.07, 6.45) is 20.2. The van der Waals surface area contributed by atoms with Crippen LogP contribution in [0.15, 0.2) is 11.1 Å². The van der Waals surface area contributed by atoms with E-state index in [-0.39, 0.29) is 0 Å². The first-order chi connectivity index (χ1) is 10.4. The van der Waals surface area contributed by atoms with Crippen molar-refractivity contribution in [3.63, 3.8) is 0 Å². The van der Waals surface area contributed by atoms with Gasteiger partial charge in [-0.15, -0.1) is 0 Å². The number of fused-ring (bicyclic) bond motifs is 2. The zero-order chi connectivity index (χ0) is 13.8. The van der Waals surface area contributed by atoms with Gasteiger partial charge in [0.15, 0.2) is 0 Å². The first kappa shape index (κ1) is 13.2. The van der Waals surface area contributed by atoms with Gasteiger partial charge in [-0.3, -0.25) is 0 Å². The fourth-order valence-corrected chi connectivity index (χ4v) is 6.32. The number of hydrogen-bond acceptors (Lipinski definition) is 0. The summed E-state index contributed by atoms with van der Waals surface area (Å²) < 4.78 is 0. The first-order valence-electron chi connectivity index (χ1n) is 10.1. The normalized spacial score (nSPS) is 42.9. The lowest BCUT2D eigenvalue weighted by molar-refractivity contribution is 0.220. The van der Waals surface area contributed by atoms with Gasteiger partial charge in [0, 0.05) is 0 Å². The van der Waals surface area contributed by atoms with Crippen molar-refractivity contribution in [1.29, 1.82) is 0 Å². The topological polar surface area (TPSA) is 0 Å². The van der Waals surface area contributed by atoms with Crippen LogP contribution < -0.4 is 0 Å². The molecule has 0 spiro atoms. The minimum atomic E-state index is 1.05. The molecule has 4 saturated carbocycles. The molecule has 5 rings (SSSR count). The SMILES string of the molecule is C1CC2=C3CCCC(CC4CC4)C3CC2C(CC2CC2)C1. The molecule has 0 nitrogen and oxygen atoms in total. The van der Waals surface area contributed by atoms with Crippen molar-refractivity contribution >= 4 is 0 Å². The molecule has 0 aromatic rings. The molecule has 0 aromatic heterocycles. The fourth-order valence-electron chi connectivity index (χ4n) is 6.32. The molecular formula is C21H32. The fraction of sp³-hybridized carbons (Fsp3) is 0.905. The smallest absolute Gasteiger partial charge is 0.0166 e. The summed E-state index contributed by atoms with van der Waals surface area (Å²) in [7, 11) is 0. The second-order valence-electron chi connectivity index (χ2n) is 9.16. The van der Waals surface area contributed by atoms with Crippen LogP contribution in [-0.2, 0) is 0 Å². The standard InChI is InChI=1S/C21H32/c1-3-16(11-14-7-8-14)20-13-21-17(12-15-9-10-15)4-2-6-19(21)18(20)5-1/h14-17,20-21H,1-13H2. The third-order valence-corrected chi connectivity index (χ3v) is 7.66. The molecule has 0 bridgehead atoms. The van der Waals surface area contributed by atoms with Crippen molar-refractivity contribution in [3.8, 4) is 0 Å². The molecule has 4 fully saturated rings. The molecule has 0 aromatic carbocycles. The number of allylic oxidation sites excluding steroid dienone is 2. The van der Waals surface area contributed by atoms with E-state index in [4.69, 9.17) is 0 Å². The predicted molar refractivity (Wildman–Crippen MR) is 88.0 cm³/mol. The molecule has 5 aliphatic carbocycles. The van der Waals surface area contributed by atoms with Gasteiger partial charge in [0.1, 0.15) is 0 Å². The lowest BCUT2D eigenvalue weighted by Gasteiger charge is -2.32. The zero-order valence-corrected chi connectivity index (χ0v) is 13.7. The molecule has 0 saturated heterocycles. The average molecular weight is 284 g/mol. The van der Waals surface area contributed by atoms with Crippen molar-refractivity contribution in [2.45, 2.75) is 83.5 Å². The van der Waals surface area contributed by atoms with Gasteiger partial charge in [-0.2, -0.15) is 0 Å². The monoisotopic (exact) mass is 284 g/mol. The quantitative estimate of drug-likeness (QED) is 0.546. The van der Waals surface area contributed by atoms with Gasteiger partial charge in [0.05, 0.1) is 0 Å². The third-order valence-electron chi connectivity index (χ3n) is 7.66. The summed E-state index contributed by atoms with van der Waals surface area (Å²) >= 11 is 0. The van der Waals surface area contributed by atoms with E-state index in [1.807, 2.05) is 11.1 Å². The van der Waals surface area contributed by atoms with Gasteiger partial charge in [0.2, 0.25) is 0 Å². The summed E-state index contributed by atoms with van der Waals surface area (Å²) in [6, 6.07) is 0. The maximum absolute atomic E-state index is 2.03. The Hall–Kier alpha value is -0.260. The van der Waals surface area contributed by atoms with Crippen molar-refractivity contribution in [2.24, 2.45) is 35.5 Å². The van der Waals surface area contributed by atoms with Crippen LogP contribution in [0.3, 0.4) is 0 Å². The zero-order valence-electron chi connectivity index (χ0n) is 13.7. The highest BCUT2D eigenvalue weighted by atomic mass is 14.5. The minimum absolute atomic E-state index is 1.05. The average Bonchev–Trinajstić information content (AvgIpc) is 3.41. The molecule has 0 heteroatoms. The van der Waals surface area contributed by atoms with Crippen LogP contribution in [0, 0.1) is 35.5 Å². The van der Waals surface area contributed by atoms with E-state index < -0.39 is 0 Å². The Morgan fingerprint density at radius 1 is 0.619 bits per heavy atom. The summed E-state index contributed by atoms with van der Waals surface area (Å²) in [5.41, 5.74) is 4.05. The Labute approximate surface area is 130 Å². The maximum Gasteiger partial charge on any atom is -0.0166 e. The van der Waals surface area contributed by atoms with E-state index in [0.717, 1.165) is 35.5 Å². The van der Waals surface area contributed by atoms with Crippen LogP contribution in [0.4, 0.5) is 0 Å². The van der Waals surface area contributed by atoms with Gasteiger partial charge in [-0.1, -0.05) is 36.8 Å². The molecular weight excluding hydrogens is 252 g/mol. The Morgan fingerprint density at radius 3 is 1.52 bits per heavy atom. The Morgan fingerprint density at radius 2 is 1.10 bits per heavy atom. The highest BCUT2D eigenvalue weighted by Gasteiger charge is 2.45. The molecule has 0 amide bonds. The lowest BCUT2D eigenvalue weighted by atomic mass is 9.73. The second-order valence-corrected chi connectivity index (χ2v) is 9.16. The van der Waals surface area contributed by atoms with Gasteiger partial charge in [0.25, 0.3) is 0 Å². The van der Waals surface area contributed by atoms with Crippen LogP contribution in [0.25, 0.3) is 0 Å². The Balaban J connectivity index is 1.36. The third kappa shape index (κ3) is 2.51. The van der Waals surface area contributed by atoms with E-state index in [1.165, 1.54) is 25.7 Å². The van der Waals surface area contributed by atoms with Crippen molar-refractivity contribution < 1.29 is 0 Å². The molecule has 4 atom stereocenters. The summed E-state index contributed by atoms with van der Waals surface area (Å²) in [4.78, 5) is 0. The van der Waals surface area contributed by atoms with Crippen molar-refractivity contribution in [3.05, 3.63) is 11.1 Å². The van der Waals surface area contributed by atoms with Crippen molar-refractivity contribution in [2.75, 3.05) is 0 Å². The van der Waals surface area contributed by atoms with Crippen LogP contribution in [0.5, 0.6) is 0 Å². The van der Waals surface area contributed by atoms with E-state index in [1.54, 1.807) is 57.8 Å². The maximum atomic E-state index is 2.03. The molecule has 4 unspecified atom stereocenters. The number of hydrogen-bond donors (Lipinski definition) is 0. The molecule has 21 heavy (non-hydrogen) atoms. The van der Waals surface area contributed by atoms with E-state index in [0.29, 0.717) is 0 Å². The van der Waals surface area contributed by atoms with Gasteiger partial charge in [-0.05, 0) is 93.3 Å². The molecule has 0 aliphatic heterocycles. The van der Waals surface area contributed by atoms with E-state index in [9.17, 15) is 0 Å². The van der Waals surface area contributed by atoms with Crippen LogP contribution in [0.2, 0.25) is 0 Å². The van der Waals surface area contributed by atoms with Crippen LogP contribution in [0.1, 0.15) is 83.5 Å². The van der Waals surface area contributed by atoms with Crippen LogP contribution in [-0.4, -0.2) is 0 Å². The Bertz CT molecular complexity index is 397. The number of rotatable bonds is 4. The second kappa shape index (κ2) is 5.14. The van der Waals surface area contributed by atoms with Crippen LogP contribution >= 0.6 is 0 Å². The summed E-state index contributed by atoms with van der Waals surface area (Å²) in [5.74, 6) is 6.59.